The summed E-state index contributed by atoms with van der Waals surface area (Å²) in [6.07, 6.45) is 0.281. The van der Waals surface area contributed by atoms with E-state index in [0.717, 1.165) is 0 Å². The third-order valence-corrected chi connectivity index (χ3v) is 3.11. The quantitative estimate of drug-likeness (QED) is 0.536. The maximum atomic E-state index is 11.4. The molecule has 0 amide bonds. The van der Waals surface area contributed by atoms with Crippen LogP contribution >= 0.6 is 0 Å². The second kappa shape index (κ2) is 7.59. The molecule has 0 aliphatic rings. The van der Waals surface area contributed by atoms with Crippen LogP contribution in [-0.4, -0.2) is 41.5 Å². The van der Waals surface area contributed by atoms with E-state index in [4.69, 9.17) is 10.00 Å². The van der Waals surface area contributed by atoms with Gasteiger partial charge in [0, 0.05) is 33.2 Å². The highest BCUT2D eigenvalue weighted by atomic mass is 16.6. The van der Waals surface area contributed by atoms with Gasteiger partial charge in [-0.25, -0.2) is 4.68 Å². The molecule has 8 heteroatoms. The summed E-state index contributed by atoms with van der Waals surface area (Å²) in [7, 11) is 3.25. The number of anilines is 1. The zero-order valence-electron chi connectivity index (χ0n) is 12.9. The van der Waals surface area contributed by atoms with Gasteiger partial charge in [-0.1, -0.05) is 13.8 Å². The predicted octanol–water partition coefficient (Wildman–Crippen LogP) is 1.82. The van der Waals surface area contributed by atoms with E-state index in [-0.39, 0.29) is 18.0 Å². The minimum atomic E-state index is -0.399. The number of aryl methyl sites for hydroxylation is 1. The number of aromatic nitrogens is 2. The Balaban J connectivity index is 3.28. The standard InChI is InChI=1S/C13H21N5O3/c1-10(2)11-12(18(19)20)13(16(3)15-11)17(7-5-6-14)8-9-21-4/h10H,5,7-9H2,1-4H3. The van der Waals surface area contributed by atoms with Gasteiger partial charge in [-0.05, 0) is 0 Å². The fourth-order valence-electron chi connectivity index (χ4n) is 2.15. The molecule has 0 saturated heterocycles. The number of hydrogen-bond donors (Lipinski definition) is 0. The van der Waals surface area contributed by atoms with Crippen LogP contribution < -0.4 is 4.90 Å². The molecule has 0 aromatic carbocycles. The van der Waals surface area contributed by atoms with E-state index in [2.05, 4.69) is 11.2 Å². The van der Waals surface area contributed by atoms with Crippen LogP contribution in [0.1, 0.15) is 31.9 Å². The molecule has 8 nitrogen and oxygen atoms in total. The van der Waals surface area contributed by atoms with E-state index >= 15 is 0 Å². The third kappa shape index (κ3) is 3.92. The summed E-state index contributed by atoms with van der Waals surface area (Å²) in [6.45, 7) is 5.03. The summed E-state index contributed by atoms with van der Waals surface area (Å²) in [5, 5.41) is 24.5. The molecule has 0 radical (unpaired) electrons. The fraction of sp³-hybridized carbons (Fsp3) is 0.692. The number of nitrogens with zero attached hydrogens (tertiary/aromatic N) is 5. The van der Waals surface area contributed by atoms with Gasteiger partial charge >= 0.3 is 5.69 Å². The molecule has 21 heavy (non-hydrogen) atoms. The van der Waals surface area contributed by atoms with Gasteiger partial charge in [0.25, 0.3) is 0 Å². The van der Waals surface area contributed by atoms with Crippen molar-refractivity contribution in [1.29, 1.82) is 5.26 Å². The van der Waals surface area contributed by atoms with E-state index in [0.29, 0.717) is 31.2 Å². The van der Waals surface area contributed by atoms with E-state index in [9.17, 15) is 10.1 Å². The lowest BCUT2D eigenvalue weighted by atomic mass is 10.1. The van der Waals surface area contributed by atoms with Gasteiger partial charge in [0.2, 0.25) is 5.82 Å². The summed E-state index contributed by atoms with van der Waals surface area (Å²) in [5.41, 5.74) is 0.471. The van der Waals surface area contributed by atoms with Gasteiger partial charge in [-0.15, -0.1) is 0 Å². The summed E-state index contributed by atoms with van der Waals surface area (Å²) < 4.78 is 6.56. The maximum Gasteiger partial charge on any atom is 0.334 e. The summed E-state index contributed by atoms with van der Waals surface area (Å²) in [6, 6.07) is 2.06. The van der Waals surface area contributed by atoms with E-state index < -0.39 is 4.92 Å². The molecule has 0 aliphatic carbocycles. The monoisotopic (exact) mass is 295 g/mol. The minimum Gasteiger partial charge on any atom is -0.383 e. The number of nitro groups is 1. The van der Waals surface area contributed by atoms with Crippen LogP contribution in [0.2, 0.25) is 0 Å². The Morgan fingerprint density at radius 2 is 2.19 bits per heavy atom. The van der Waals surface area contributed by atoms with Crippen LogP contribution in [0, 0.1) is 21.4 Å². The molecule has 0 atom stereocenters. The smallest absolute Gasteiger partial charge is 0.334 e. The fourth-order valence-corrected chi connectivity index (χ4v) is 2.15. The third-order valence-electron chi connectivity index (χ3n) is 3.11. The molecule has 0 bridgehead atoms. The Hall–Kier alpha value is -2.14. The largest absolute Gasteiger partial charge is 0.383 e. The average molecular weight is 295 g/mol. The van der Waals surface area contributed by atoms with Crippen LogP contribution in [0.4, 0.5) is 11.5 Å². The number of hydrogen-bond acceptors (Lipinski definition) is 6. The molecule has 1 heterocycles. The van der Waals surface area contributed by atoms with Gasteiger partial charge in [0.05, 0.1) is 24.0 Å². The Labute approximate surface area is 124 Å². The minimum absolute atomic E-state index is 0.0153. The van der Waals surface area contributed by atoms with Crippen molar-refractivity contribution in [3.63, 3.8) is 0 Å². The number of ether oxygens (including phenoxy) is 1. The van der Waals surface area contributed by atoms with Crippen molar-refractivity contribution in [2.45, 2.75) is 26.2 Å². The van der Waals surface area contributed by atoms with Crippen LogP contribution in [0.25, 0.3) is 0 Å². The Kier molecular flexibility index (Phi) is 6.11. The van der Waals surface area contributed by atoms with Crippen molar-refractivity contribution in [2.24, 2.45) is 7.05 Å². The van der Waals surface area contributed by atoms with Gasteiger partial charge in [0.1, 0.15) is 5.69 Å². The Morgan fingerprint density at radius 3 is 2.67 bits per heavy atom. The van der Waals surface area contributed by atoms with E-state index in [1.54, 1.807) is 19.1 Å². The highest BCUT2D eigenvalue weighted by Gasteiger charge is 2.31. The topological polar surface area (TPSA) is 97.2 Å². The first-order valence-corrected chi connectivity index (χ1v) is 6.76. The van der Waals surface area contributed by atoms with Gasteiger partial charge in [-0.3, -0.25) is 10.1 Å². The van der Waals surface area contributed by atoms with Crippen LogP contribution in [0.15, 0.2) is 0 Å². The summed E-state index contributed by atoms with van der Waals surface area (Å²) in [5.74, 6) is 0.376. The highest BCUT2D eigenvalue weighted by Crippen LogP contribution is 2.35. The highest BCUT2D eigenvalue weighted by molar-refractivity contribution is 5.62. The maximum absolute atomic E-state index is 11.4. The van der Waals surface area contributed by atoms with Gasteiger partial charge in [-0.2, -0.15) is 10.4 Å². The van der Waals surface area contributed by atoms with Crippen molar-refractivity contribution in [2.75, 3.05) is 31.7 Å². The average Bonchev–Trinajstić information content (AvgIpc) is 2.77. The van der Waals surface area contributed by atoms with Crippen LogP contribution in [0.5, 0.6) is 0 Å². The van der Waals surface area contributed by atoms with Gasteiger partial charge in [0.15, 0.2) is 0 Å². The normalized spacial score (nSPS) is 10.7. The molecule has 116 valence electrons. The summed E-state index contributed by atoms with van der Waals surface area (Å²) >= 11 is 0. The second-order valence-electron chi connectivity index (χ2n) is 4.98. The lowest BCUT2D eigenvalue weighted by Gasteiger charge is -2.22. The molecular formula is C13H21N5O3. The molecule has 0 saturated carbocycles. The molecule has 1 aromatic heterocycles. The molecule has 1 rings (SSSR count). The van der Waals surface area contributed by atoms with Crippen LogP contribution in [0.3, 0.4) is 0 Å². The molecule has 0 fully saturated rings. The molecule has 1 aromatic rings. The molecule has 0 unspecified atom stereocenters. The summed E-state index contributed by atoms with van der Waals surface area (Å²) in [4.78, 5) is 12.8. The van der Waals surface area contributed by atoms with Gasteiger partial charge < -0.3 is 9.64 Å². The predicted molar refractivity (Wildman–Crippen MR) is 78.3 cm³/mol. The number of methoxy groups -OCH3 is 1. The first kappa shape index (κ1) is 16.9. The SMILES string of the molecule is COCCN(CCC#N)c1c([N+](=O)[O-])c(C(C)C)nn1C. The van der Waals surface area contributed by atoms with Crippen molar-refractivity contribution in [3.05, 3.63) is 15.8 Å². The molecular weight excluding hydrogens is 274 g/mol. The van der Waals surface area contributed by atoms with E-state index in [1.807, 2.05) is 13.8 Å². The lowest BCUT2D eigenvalue weighted by molar-refractivity contribution is -0.385. The molecule has 0 aliphatic heterocycles. The lowest BCUT2D eigenvalue weighted by Crippen LogP contribution is -2.30. The van der Waals surface area contributed by atoms with E-state index in [1.165, 1.54) is 4.68 Å². The molecule has 0 spiro atoms. The number of nitriles is 1. The van der Waals surface area contributed by atoms with Crippen LogP contribution in [-0.2, 0) is 11.8 Å². The first-order valence-electron chi connectivity index (χ1n) is 6.76. The Morgan fingerprint density at radius 1 is 1.52 bits per heavy atom. The second-order valence-corrected chi connectivity index (χ2v) is 4.98. The Bertz CT molecular complexity index is 533. The zero-order chi connectivity index (χ0) is 16.0. The molecule has 0 N–H and O–H groups in total. The first-order chi connectivity index (χ1) is 9.93. The number of rotatable bonds is 8. The van der Waals surface area contributed by atoms with Crippen molar-refractivity contribution < 1.29 is 9.66 Å². The van der Waals surface area contributed by atoms with Crippen molar-refractivity contribution in [1.82, 2.24) is 9.78 Å². The van der Waals surface area contributed by atoms with Crippen molar-refractivity contribution in [3.8, 4) is 6.07 Å². The van der Waals surface area contributed by atoms with Crippen molar-refractivity contribution >= 4 is 11.5 Å². The zero-order valence-corrected chi connectivity index (χ0v) is 12.9.